The molecular formula is C16H25NO. The van der Waals surface area contributed by atoms with Crippen molar-refractivity contribution in [2.45, 2.75) is 39.2 Å². The molecule has 1 fully saturated rings. The first-order valence-electron chi connectivity index (χ1n) is 7.06. The van der Waals surface area contributed by atoms with Gasteiger partial charge in [0, 0.05) is 6.04 Å². The average molecular weight is 247 g/mol. The molecule has 100 valence electrons. The van der Waals surface area contributed by atoms with Crippen LogP contribution in [0, 0.1) is 5.92 Å². The lowest BCUT2D eigenvalue weighted by Crippen LogP contribution is -2.38. The van der Waals surface area contributed by atoms with Crippen LogP contribution < -0.4 is 4.74 Å². The highest BCUT2D eigenvalue weighted by Gasteiger charge is 2.20. The highest BCUT2D eigenvalue weighted by atomic mass is 16.5. The molecule has 0 aliphatic carbocycles. The highest BCUT2D eigenvalue weighted by molar-refractivity contribution is 5.27. The zero-order valence-corrected chi connectivity index (χ0v) is 11.9. The lowest BCUT2D eigenvalue weighted by atomic mass is 9.90. The number of piperidine rings is 1. The van der Waals surface area contributed by atoms with E-state index in [0.29, 0.717) is 6.04 Å². The number of ether oxygens (including phenoxy) is 1. The van der Waals surface area contributed by atoms with E-state index in [1.54, 1.807) is 7.11 Å². The highest BCUT2D eigenvalue weighted by Crippen LogP contribution is 2.23. The second-order valence-corrected chi connectivity index (χ2v) is 5.63. The van der Waals surface area contributed by atoms with Crippen molar-refractivity contribution in [2.24, 2.45) is 5.92 Å². The van der Waals surface area contributed by atoms with Crippen LogP contribution in [0.5, 0.6) is 5.75 Å². The van der Waals surface area contributed by atoms with Crippen LogP contribution in [0.25, 0.3) is 0 Å². The van der Waals surface area contributed by atoms with Crippen LogP contribution in [0.4, 0.5) is 0 Å². The largest absolute Gasteiger partial charge is 0.497 e. The topological polar surface area (TPSA) is 12.5 Å². The van der Waals surface area contributed by atoms with Gasteiger partial charge in [-0.3, -0.25) is 0 Å². The van der Waals surface area contributed by atoms with Gasteiger partial charge >= 0.3 is 0 Å². The molecule has 0 radical (unpaired) electrons. The maximum atomic E-state index is 5.19. The molecule has 0 saturated carbocycles. The van der Waals surface area contributed by atoms with E-state index in [9.17, 15) is 0 Å². The molecule has 0 aromatic heterocycles. The molecule has 2 heteroatoms. The molecule has 0 atom stereocenters. The van der Waals surface area contributed by atoms with Gasteiger partial charge in [0.15, 0.2) is 0 Å². The quantitative estimate of drug-likeness (QED) is 0.809. The molecule has 0 unspecified atom stereocenters. The number of methoxy groups -OCH3 is 1. The van der Waals surface area contributed by atoms with E-state index in [4.69, 9.17) is 4.74 Å². The predicted molar refractivity (Wildman–Crippen MR) is 76.1 cm³/mol. The van der Waals surface area contributed by atoms with Crippen molar-refractivity contribution in [3.63, 3.8) is 0 Å². The summed E-state index contributed by atoms with van der Waals surface area (Å²) in [6.45, 7) is 7.12. The Hall–Kier alpha value is -1.02. The molecule has 0 bridgehead atoms. The lowest BCUT2D eigenvalue weighted by molar-refractivity contribution is 0.149. The van der Waals surface area contributed by atoms with Crippen molar-refractivity contribution in [3.05, 3.63) is 29.8 Å². The van der Waals surface area contributed by atoms with Crippen molar-refractivity contribution in [1.82, 2.24) is 4.90 Å². The van der Waals surface area contributed by atoms with E-state index in [1.165, 1.54) is 37.9 Å². The first kappa shape index (κ1) is 13.4. The molecule has 0 amide bonds. The summed E-state index contributed by atoms with van der Waals surface area (Å²) in [5.74, 6) is 1.81. The number of hydrogen-bond donors (Lipinski definition) is 0. The number of rotatable bonds is 4. The lowest BCUT2D eigenvalue weighted by Gasteiger charge is -2.34. The Morgan fingerprint density at radius 3 is 2.28 bits per heavy atom. The Balaban J connectivity index is 1.83. The molecule has 18 heavy (non-hydrogen) atoms. The maximum absolute atomic E-state index is 5.19. The van der Waals surface area contributed by atoms with E-state index < -0.39 is 0 Å². The number of likely N-dealkylation sites (tertiary alicyclic amines) is 1. The number of hydrogen-bond acceptors (Lipinski definition) is 2. The van der Waals surface area contributed by atoms with Gasteiger partial charge in [0.05, 0.1) is 7.11 Å². The standard InChI is InChI=1S/C16H25NO/c1-13(2)17-10-8-15(9-11-17)12-14-4-6-16(18-3)7-5-14/h4-7,13,15H,8-12H2,1-3H3. The summed E-state index contributed by atoms with van der Waals surface area (Å²) in [4.78, 5) is 2.59. The van der Waals surface area contributed by atoms with Gasteiger partial charge in [-0.05, 0) is 69.8 Å². The Kier molecular flexibility index (Phi) is 4.65. The van der Waals surface area contributed by atoms with E-state index in [2.05, 4.69) is 43.0 Å². The third-order valence-electron chi connectivity index (χ3n) is 4.06. The fraction of sp³-hybridized carbons (Fsp3) is 0.625. The summed E-state index contributed by atoms with van der Waals surface area (Å²) in [6, 6.07) is 9.24. The summed E-state index contributed by atoms with van der Waals surface area (Å²) < 4.78 is 5.19. The van der Waals surface area contributed by atoms with Gasteiger partial charge in [0.1, 0.15) is 5.75 Å². The van der Waals surface area contributed by atoms with Crippen molar-refractivity contribution in [1.29, 1.82) is 0 Å². The monoisotopic (exact) mass is 247 g/mol. The molecule has 2 nitrogen and oxygen atoms in total. The summed E-state index contributed by atoms with van der Waals surface area (Å²) in [7, 11) is 1.72. The van der Waals surface area contributed by atoms with Gasteiger partial charge in [-0.25, -0.2) is 0 Å². The van der Waals surface area contributed by atoms with Crippen molar-refractivity contribution in [3.8, 4) is 5.75 Å². The van der Waals surface area contributed by atoms with E-state index in [1.807, 2.05) is 0 Å². The Morgan fingerprint density at radius 2 is 1.78 bits per heavy atom. The zero-order chi connectivity index (χ0) is 13.0. The molecular weight excluding hydrogens is 222 g/mol. The second kappa shape index (κ2) is 6.24. The average Bonchev–Trinajstić information content (AvgIpc) is 2.40. The number of nitrogens with zero attached hydrogens (tertiary/aromatic N) is 1. The molecule has 0 N–H and O–H groups in total. The minimum absolute atomic E-state index is 0.701. The summed E-state index contributed by atoms with van der Waals surface area (Å²) in [6.07, 6.45) is 3.89. The summed E-state index contributed by atoms with van der Waals surface area (Å²) in [5.41, 5.74) is 1.44. The molecule has 1 aliphatic rings. The van der Waals surface area contributed by atoms with Crippen molar-refractivity contribution < 1.29 is 4.74 Å². The van der Waals surface area contributed by atoms with Gasteiger partial charge < -0.3 is 9.64 Å². The van der Waals surface area contributed by atoms with E-state index in [0.717, 1.165) is 11.7 Å². The predicted octanol–water partition coefficient (Wildman–Crippen LogP) is 3.36. The second-order valence-electron chi connectivity index (χ2n) is 5.63. The first-order chi connectivity index (χ1) is 8.69. The minimum Gasteiger partial charge on any atom is -0.497 e. The smallest absolute Gasteiger partial charge is 0.118 e. The fourth-order valence-corrected chi connectivity index (χ4v) is 2.77. The van der Waals surface area contributed by atoms with Gasteiger partial charge in [-0.2, -0.15) is 0 Å². The third-order valence-corrected chi connectivity index (χ3v) is 4.06. The molecule has 1 heterocycles. The normalized spacial score (nSPS) is 18.2. The van der Waals surface area contributed by atoms with Gasteiger partial charge in [0.25, 0.3) is 0 Å². The van der Waals surface area contributed by atoms with Crippen LogP contribution in [0.1, 0.15) is 32.3 Å². The van der Waals surface area contributed by atoms with Gasteiger partial charge in [-0.15, -0.1) is 0 Å². The van der Waals surface area contributed by atoms with Crippen LogP contribution in [-0.2, 0) is 6.42 Å². The van der Waals surface area contributed by atoms with Crippen LogP contribution in [-0.4, -0.2) is 31.1 Å². The number of benzene rings is 1. The fourth-order valence-electron chi connectivity index (χ4n) is 2.77. The Morgan fingerprint density at radius 1 is 1.17 bits per heavy atom. The molecule has 1 aliphatic heterocycles. The Labute approximate surface area is 111 Å². The Bertz CT molecular complexity index is 350. The van der Waals surface area contributed by atoms with E-state index in [-0.39, 0.29) is 0 Å². The maximum Gasteiger partial charge on any atom is 0.118 e. The third kappa shape index (κ3) is 3.49. The first-order valence-corrected chi connectivity index (χ1v) is 7.06. The van der Waals surface area contributed by atoms with Crippen molar-refractivity contribution >= 4 is 0 Å². The zero-order valence-electron chi connectivity index (χ0n) is 11.9. The van der Waals surface area contributed by atoms with Gasteiger partial charge in [0.2, 0.25) is 0 Å². The molecule has 2 rings (SSSR count). The molecule has 1 aromatic carbocycles. The van der Waals surface area contributed by atoms with Crippen LogP contribution in [0.3, 0.4) is 0 Å². The van der Waals surface area contributed by atoms with Crippen LogP contribution >= 0.6 is 0 Å². The molecule has 1 aromatic rings. The van der Waals surface area contributed by atoms with Gasteiger partial charge in [-0.1, -0.05) is 12.1 Å². The summed E-state index contributed by atoms with van der Waals surface area (Å²) in [5, 5.41) is 0. The van der Waals surface area contributed by atoms with Crippen LogP contribution in [0.2, 0.25) is 0 Å². The molecule has 0 spiro atoms. The summed E-state index contributed by atoms with van der Waals surface area (Å²) >= 11 is 0. The molecule has 1 saturated heterocycles. The minimum atomic E-state index is 0.701. The van der Waals surface area contributed by atoms with Crippen molar-refractivity contribution in [2.75, 3.05) is 20.2 Å². The SMILES string of the molecule is COc1ccc(CC2CCN(C(C)C)CC2)cc1. The van der Waals surface area contributed by atoms with E-state index >= 15 is 0 Å². The van der Waals surface area contributed by atoms with Crippen LogP contribution in [0.15, 0.2) is 24.3 Å².